The molecular weight excluding hydrogens is 1510 g/mol. The smallest absolute Gasteiger partial charge is 0.430 e. The third-order valence-corrected chi connectivity index (χ3v) is 14.1. The van der Waals surface area contributed by atoms with E-state index in [4.69, 9.17) is 18.9 Å². The van der Waals surface area contributed by atoms with Crippen LogP contribution in [0.15, 0.2) is 256 Å². The van der Waals surface area contributed by atoms with Gasteiger partial charge < -0.3 is 48.9 Å². The van der Waals surface area contributed by atoms with E-state index in [0.717, 1.165) is 0 Å². The number of ether oxygens (including phenoxy) is 4. The van der Waals surface area contributed by atoms with Gasteiger partial charge in [0, 0.05) is 49.3 Å². The molecule has 13 rings (SSSR count). The van der Waals surface area contributed by atoms with Crippen molar-refractivity contribution in [3.8, 4) is 113 Å². The fraction of sp³-hybridized carbons (Fsp3) is 0. The largest absolute Gasteiger partial charge is 3.00 e. The zero-order valence-electron chi connectivity index (χ0n) is 47.9. The molecule has 0 aliphatic carbocycles. The molecule has 0 amide bonds. The molecule has 0 aliphatic heterocycles. The second kappa shape index (κ2) is 28.8. The Balaban J connectivity index is 0.00000433. The normalized spacial score (nSPS) is 10.6. The van der Waals surface area contributed by atoms with Gasteiger partial charge >= 0.3 is 64.1 Å². The molecule has 16 heteroatoms. The van der Waals surface area contributed by atoms with Crippen molar-refractivity contribution >= 4 is 23.9 Å². The molecule has 0 aliphatic rings. The van der Waals surface area contributed by atoms with Gasteiger partial charge in [-0.1, -0.05) is 72.3 Å². The molecule has 14 nitrogen and oxygen atoms in total. The number of benzene rings is 8. The summed E-state index contributed by atoms with van der Waals surface area (Å²) in [5.74, 6) is -2.39. The van der Waals surface area contributed by atoms with E-state index in [0.29, 0.717) is 89.8 Å². The molecule has 0 N–H and O–H groups in total. The maximum Gasteiger partial charge on any atom is 3.00 e. The maximum absolute atomic E-state index is 14.2. The molecule has 8 aromatic carbocycles. The second-order valence-electron chi connectivity index (χ2n) is 20.0. The Labute approximate surface area is 555 Å². The van der Waals surface area contributed by atoms with Crippen LogP contribution in [0.3, 0.4) is 0 Å². The van der Waals surface area contributed by atoms with Gasteiger partial charge in [0.15, 0.2) is 0 Å². The zero-order valence-corrected chi connectivity index (χ0v) is 52.7. The van der Waals surface area contributed by atoms with Crippen LogP contribution in [0.4, 0.5) is 0 Å². The quantitative estimate of drug-likeness (QED) is 0.0506. The minimum absolute atomic E-state index is 0. The van der Waals surface area contributed by atoms with Crippen molar-refractivity contribution in [1.82, 2.24) is 29.9 Å². The van der Waals surface area contributed by atoms with Crippen molar-refractivity contribution in [3.05, 3.63) is 314 Å². The number of rotatable bonds is 16. The number of hydrogen-bond acceptors (Lipinski definition) is 14. The number of aromatic nitrogens is 6. The summed E-state index contributed by atoms with van der Waals surface area (Å²) in [6.45, 7) is 0. The number of carbonyl (C=O) groups excluding carboxylic acids is 4. The van der Waals surface area contributed by atoms with E-state index in [1.54, 1.807) is 134 Å². The zero-order chi connectivity index (χ0) is 61.2. The van der Waals surface area contributed by atoms with Crippen molar-refractivity contribution in [2.45, 2.75) is 0 Å². The fourth-order valence-corrected chi connectivity index (χ4v) is 9.72. The molecule has 442 valence electrons. The van der Waals surface area contributed by atoms with E-state index >= 15 is 0 Å². The average molecular weight is 1550 g/mol. The topological polar surface area (TPSA) is 183 Å². The number of pyridine rings is 4. The summed E-state index contributed by atoms with van der Waals surface area (Å²) in [6.07, 6.45) is 9.92. The first-order valence-corrected chi connectivity index (χ1v) is 28.0. The van der Waals surface area contributed by atoms with Gasteiger partial charge in [0.1, 0.15) is 23.0 Å². The monoisotopic (exact) mass is 1550 g/mol. The summed E-state index contributed by atoms with van der Waals surface area (Å²) in [4.78, 5) is 83.1. The summed E-state index contributed by atoms with van der Waals surface area (Å²) in [5, 5.41) is 0. The van der Waals surface area contributed by atoms with Crippen LogP contribution in [0.1, 0.15) is 41.4 Å². The van der Waals surface area contributed by atoms with Crippen LogP contribution in [0, 0.1) is 36.4 Å². The third kappa shape index (κ3) is 14.5. The van der Waals surface area contributed by atoms with Crippen LogP contribution in [0.2, 0.25) is 0 Å². The van der Waals surface area contributed by atoms with Gasteiger partial charge in [0.05, 0.1) is 0 Å². The van der Waals surface area contributed by atoms with Gasteiger partial charge in [0.2, 0.25) is 0 Å². The second-order valence-corrected chi connectivity index (χ2v) is 20.0. The van der Waals surface area contributed by atoms with Crippen molar-refractivity contribution in [1.29, 1.82) is 0 Å². The Kier molecular flexibility index (Phi) is 19.5. The first-order chi connectivity index (χ1) is 44.2. The molecule has 13 aromatic rings. The minimum atomic E-state index is -0.720. The molecule has 0 radical (unpaired) electrons. The van der Waals surface area contributed by atoms with Gasteiger partial charge in [-0.25, -0.2) is 17.7 Å². The predicted molar refractivity (Wildman–Crippen MR) is 335 cm³/mol. The van der Waals surface area contributed by atoms with E-state index in [-0.39, 0.29) is 85.5 Å². The molecule has 0 fully saturated rings. The Morgan fingerprint density at radius 3 is 0.891 bits per heavy atom. The summed E-state index contributed by atoms with van der Waals surface area (Å²) in [5.41, 5.74) is 9.64. The Bertz CT molecular complexity index is 4240. The maximum atomic E-state index is 14.2. The van der Waals surface area contributed by atoms with Crippen LogP contribution < -0.4 is 18.9 Å². The predicted octanol–water partition coefficient (Wildman–Crippen LogP) is 15.1. The van der Waals surface area contributed by atoms with Crippen LogP contribution in [-0.4, -0.2) is 53.8 Å². The summed E-state index contributed by atoms with van der Waals surface area (Å²) in [6, 6.07) is 80.8. The molecule has 0 saturated heterocycles. The molecule has 0 spiro atoms. The van der Waals surface area contributed by atoms with Crippen molar-refractivity contribution in [2.24, 2.45) is 0 Å². The first kappa shape index (κ1) is 62.2. The average Bonchev–Trinajstić information content (AvgIpc) is 0.798. The van der Waals surface area contributed by atoms with Crippen LogP contribution >= 0.6 is 0 Å². The van der Waals surface area contributed by atoms with E-state index < -0.39 is 23.9 Å². The van der Waals surface area contributed by atoms with E-state index in [1.807, 2.05) is 84.9 Å². The van der Waals surface area contributed by atoms with Gasteiger partial charge in [0.25, 0.3) is 0 Å². The SMILES string of the molecule is O=C(Oc1cc(OC(=O)c2c[c-]c(-c3ccccn3)cc2)cc(-c2cccc(-c3cc(OC(=O)c4c[c-]c(-c5ccccn5)cc4)cc(OC(=O)c4c[c-]c(-c5ccccn5)cc4)c3)c2-c2c[c-]c(-c3ncccn3)[c-]c2)c1)c1c[c-]c(-c2ccccn2)cc1.[Ir+3].[Ir+3]. The Morgan fingerprint density at radius 2 is 0.609 bits per heavy atom. The first-order valence-electron chi connectivity index (χ1n) is 28.0. The molecule has 0 saturated carbocycles. The molecule has 5 aromatic heterocycles. The molecule has 0 bridgehead atoms. The molecule has 92 heavy (non-hydrogen) atoms. The van der Waals surface area contributed by atoms with Gasteiger partial charge in [-0.3, -0.25) is 31.3 Å². The number of esters is 4. The summed E-state index contributed by atoms with van der Waals surface area (Å²) >= 11 is 0. The van der Waals surface area contributed by atoms with Crippen molar-refractivity contribution in [2.75, 3.05) is 0 Å². The minimum Gasteiger partial charge on any atom is -0.430 e. The van der Waals surface area contributed by atoms with Crippen LogP contribution in [-0.2, 0) is 40.2 Å². The Hall–Kier alpha value is -11.4. The van der Waals surface area contributed by atoms with Crippen LogP contribution in [0.5, 0.6) is 23.0 Å². The number of carbonyl (C=O) groups is 4. The Morgan fingerprint density at radius 1 is 0.293 bits per heavy atom. The standard InChI is InChI=1S/C76H42N6O8.2Ir/c83-73(55-29-17-49(18-30-55)67-13-1-5-37-77-67)87-61-43-59(44-62(47-61)88-74(84)56-31-19-50(20-32-56)68-14-2-6-38-78-68)65-11-9-12-66(71(65)53-25-27-54(28-26-53)72-81-41-10-42-82-72)60-45-63(89-75(85)57-33-21-51(22-34-57)69-15-3-7-39-79-69)48-64(46-60)90-76(86)58-35-23-52(24-36-58)70-16-4-8-40-80-70;;/h1-17,19,21,23,25-26,29-48H;;/q-6;2*+3. The number of hydrogen-bond donors (Lipinski definition) is 0. The van der Waals surface area contributed by atoms with Gasteiger partial charge in [-0.15, -0.1) is 119 Å². The summed E-state index contributed by atoms with van der Waals surface area (Å²) in [7, 11) is 0. The molecule has 0 unspecified atom stereocenters. The van der Waals surface area contributed by atoms with E-state index in [1.165, 1.54) is 36.4 Å². The van der Waals surface area contributed by atoms with Crippen LogP contribution in [0.25, 0.3) is 89.8 Å². The van der Waals surface area contributed by atoms with E-state index in [2.05, 4.69) is 66.3 Å². The number of nitrogens with zero attached hydrogens (tertiary/aromatic N) is 6. The van der Waals surface area contributed by atoms with E-state index in [9.17, 15) is 19.2 Å². The third-order valence-electron chi connectivity index (χ3n) is 14.1. The van der Waals surface area contributed by atoms with Crippen molar-refractivity contribution in [3.63, 3.8) is 0 Å². The van der Waals surface area contributed by atoms with Gasteiger partial charge in [-0.2, -0.15) is 5.56 Å². The van der Waals surface area contributed by atoms with Gasteiger partial charge in [-0.05, 0) is 128 Å². The molecule has 5 heterocycles. The fourth-order valence-electron chi connectivity index (χ4n) is 9.72. The van der Waals surface area contributed by atoms with Crippen molar-refractivity contribution < 1.29 is 78.3 Å². The molecular formula is C76H42Ir2N6O8. The molecule has 0 atom stereocenters. The summed E-state index contributed by atoms with van der Waals surface area (Å²) < 4.78 is 24.6.